The molecule has 3 aromatic carbocycles. The fraction of sp³-hybridized carbons (Fsp3) is 0.357. The van der Waals surface area contributed by atoms with E-state index in [0.717, 1.165) is 54.6 Å². The highest BCUT2D eigenvalue weighted by Gasteiger charge is 2.27. The van der Waals surface area contributed by atoms with Crippen molar-refractivity contribution < 1.29 is 18.9 Å². The Kier molecular flexibility index (Phi) is 7.09. The van der Waals surface area contributed by atoms with Gasteiger partial charge in [0.2, 0.25) is 0 Å². The fourth-order valence-electron chi connectivity index (χ4n) is 4.48. The van der Waals surface area contributed by atoms with Crippen molar-refractivity contribution in [2.75, 3.05) is 34.9 Å². The SMILES string of the molecule is CCc1ccc(OC)c(Oc2ccc(C[C@H]3c4cc(OC)c(OC)cc4CCN3C)cc2)c1. The normalized spacial score (nSPS) is 15.6. The zero-order valence-corrected chi connectivity index (χ0v) is 20.2. The second-order valence-corrected chi connectivity index (χ2v) is 8.44. The predicted octanol–water partition coefficient (Wildman–Crippen LogP) is 5.84. The van der Waals surface area contributed by atoms with Gasteiger partial charge in [-0.1, -0.05) is 25.1 Å². The highest BCUT2D eigenvalue weighted by molar-refractivity contribution is 5.50. The molecule has 0 radical (unpaired) electrons. The molecule has 1 aliphatic rings. The van der Waals surface area contributed by atoms with Crippen LogP contribution in [0.5, 0.6) is 28.7 Å². The van der Waals surface area contributed by atoms with Crippen LogP contribution in [0.25, 0.3) is 0 Å². The molecule has 1 aliphatic heterocycles. The van der Waals surface area contributed by atoms with E-state index < -0.39 is 0 Å². The summed E-state index contributed by atoms with van der Waals surface area (Å²) in [4.78, 5) is 2.42. The maximum absolute atomic E-state index is 6.16. The molecule has 174 valence electrons. The van der Waals surface area contributed by atoms with Gasteiger partial charge in [0.1, 0.15) is 5.75 Å². The van der Waals surface area contributed by atoms with Crippen molar-refractivity contribution in [1.29, 1.82) is 0 Å². The maximum Gasteiger partial charge on any atom is 0.169 e. The Bertz CT molecular complexity index is 1090. The van der Waals surface area contributed by atoms with Gasteiger partial charge in [-0.2, -0.15) is 0 Å². The Morgan fingerprint density at radius 3 is 2.12 bits per heavy atom. The van der Waals surface area contributed by atoms with Gasteiger partial charge in [0.05, 0.1) is 21.3 Å². The molecule has 5 heteroatoms. The van der Waals surface area contributed by atoms with Gasteiger partial charge < -0.3 is 18.9 Å². The molecule has 0 spiro atoms. The number of aryl methyl sites for hydroxylation is 1. The molecular formula is C28H33NO4. The highest BCUT2D eigenvalue weighted by atomic mass is 16.5. The number of hydrogen-bond acceptors (Lipinski definition) is 5. The van der Waals surface area contributed by atoms with Crippen LogP contribution in [0.3, 0.4) is 0 Å². The first kappa shape index (κ1) is 23.0. The van der Waals surface area contributed by atoms with Crippen molar-refractivity contribution in [3.63, 3.8) is 0 Å². The van der Waals surface area contributed by atoms with Gasteiger partial charge in [-0.05, 0) is 85.0 Å². The van der Waals surface area contributed by atoms with E-state index in [-0.39, 0.29) is 6.04 Å². The van der Waals surface area contributed by atoms with Crippen LogP contribution in [0.1, 0.15) is 35.2 Å². The van der Waals surface area contributed by atoms with Crippen LogP contribution in [-0.2, 0) is 19.3 Å². The summed E-state index contributed by atoms with van der Waals surface area (Å²) in [5, 5.41) is 0. The van der Waals surface area contributed by atoms with Crippen LogP contribution >= 0.6 is 0 Å². The Hall–Kier alpha value is -3.18. The maximum atomic E-state index is 6.16. The van der Waals surface area contributed by atoms with Gasteiger partial charge in [0.25, 0.3) is 0 Å². The van der Waals surface area contributed by atoms with Crippen molar-refractivity contribution in [2.45, 2.75) is 32.2 Å². The molecule has 0 aliphatic carbocycles. The van der Waals surface area contributed by atoms with Crippen LogP contribution in [0.15, 0.2) is 54.6 Å². The third-order valence-corrected chi connectivity index (χ3v) is 6.49. The molecule has 0 bridgehead atoms. The molecule has 0 N–H and O–H groups in total. The first-order valence-corrected chi connectivity index (χ1v) is 11.4. The zero-order valence-electron chi connectivity index (χ0n) is 20.2. The molecule has 3 aromatic rings. The van der Waals surface area contributed by atoms with E-state index in [9.17, 15) is 0 Å². The minimum atomic E-state index is 0.279. The van der Waals surface area contributed by atoms with Gasteiger partial charge in [0, 0.05) is 12.6 Å². The molecule has 1 heterocycles. The fourth-order valence-corrected chi connectivity index (χ4v) is 4.48. The van der Waals surface area contributed by atoms with E-state index in [1.165, 1.54) is 22.3 Å². The van der Waals surface area contributed by atoms with Crippen LogP contribution in [0.4, 0.5) is 0 Å². The highest BCUT2D eigenvalue weighted by Crippen LogP contribution is 2.39. The van der Waals surface area contributed by atoms with E-state index in [4.69, 9.17) is 18.9 Å². The van der Waals surface area contributed by atoms with Gasteiger partial charge in [-0.25, -0.2) is 0 Å². The van der Waals surface area contributed by atoms with Gasteiger partial charge >= 0.3 is 0 Å². The Balaban J connectivity index is 1.54. The van der Waals surface area contributed by atoms with E-state index in [1.54, 1.807) is 21.3 Å². The summed E-state index contributed by atoms with van der Waals surface area (Å²) in [7, 11) is 7.24. The lowest BCUT2D eigenvalue weighted by Gasteiger charge is -2.35. The Morgan fingerprint density at radius 2 is 1.45 bits per heavy atom. The number of hydrogen-bond donors (Lipinski definition) is 0. The number of benzene rings is 3. The van der Waals surface area contributed by atoms with Crippen molar-refractivity contribution in [3.8, 4) is 28.7 Å². The summed E-state index contributed by atoms with van der Waals surface area (Å²) < 4.78 is 22.7. The van der Waals surface area contributed by atoms with E-state index >= 15 is 0 Å². The van der Waals surface area contributed by atoms with E-state index in [2.05, 4.69) is 49.2 Å². The van der Waals surface area contributed by atoms with Crippen molar-refractivity contribution in [3.05, 3.63) is 76.9 Å². The summed E-state index contributed by atoms with van der Waals surface area (Å²) in [6.45, 7) is 3.15. The Morgan fingerprint density at radius 1 is 0.788 bits per heavy atom. The van der Waals surface area contributed by atoms with Crippen molar-refractivity contribution in [1.82, 2.24) is 4.90 Å². The number of likely N-dealkylation sites (N-methyl/N-ethyl adjacent to an activating group) is 1. The second-order valence-electron chi connectivity index (χ2n) is 8.44. The van der Waals surface area contributed by atoms with E-state index in [1.807, 2.05) is 24.3 Å². The minimum Gasteiger partial charge on any atom is -0.493 e. The molecule has 0 saturated heterocycles. The third kappa shape index (κ3) is 4.93. The molecule has 0 amide bonds. The van der Waals surface area contributed by atoms with Crippen molar-refractivity contribution >= 4 is 0 Å². The lowest BCUT2D eigenvalue weighted by Crippen LogP contribution is -2.33. The lowest BCUT2D eigenvalue weighted by molar-refractivity contribution is 0.228. The standard InChI is InChI=1S/C28H33NO4/c1-6-19-9-12-25(30-3)28(16-19)33-22-10-7-20(8-11-22)15-24-23-18-27(32-5)26(31-4)17-21(23)13-14-29(24)2/h7-12,16-18,24H,6,13-15H2,1-5H3/t24-/m0/s1. The molecule has 33 heavy (non-hydrogen) atoms. The van der Waals surface area contributed by atoms with Crippen LogP contribution < -0.4 is 18.9 Å². The van der Waals surface area contributed by atoms with Crippen LogP contribution in [0.2, 0.25) is 0 Å². The average Bonchev–Trinajstić information content (AvgIpc) is 2.85. The summed E-state index contributed by atoms with van der Waals surface area (Å²) in [5.41, 5.74) is 5.12. The summed E-state index contributed by atoms with van der Waals surface area (Å²) in [6.07, 6.45) is 2.87. The summed E-state index contributed by atoms with van der Waals surface area (Å²) in [6, 6.07) is 19.0. The number of fused-ring (bicyclic) bond motifs is 1. The van der Waals surface area contributed by atoms with Gasteiger partial charge in [-0.15, -0.1) is 0 Å². The first-order chi connectivity index (χ1) is 16.1. The summed E-state index contributed by atoms with van der Waals surface area (Å²) >= 11 is 0. The molecule has 1 atom stereocenters. The zero-order chi connectivity index (χ0) is 23.4. The largest absolute Gasteiger partial charge is 0.493 e. The quantitative estimate of drug-likeness (QED) is 0.434. The monoisotopic (exact) mass is 447 g/mol. The number of nitrogens with zero attached hydrogens (tertiary/aromatic N) is 1. The predicted molar refractivity (Wildman–Crippen MR) is 131 cm³/mol. The van der Waals surface area contributed by atoms with Crippen LogP contribution in [0, 0.1) is 0 Å². The van der Waals surface area contributed by atoms with Gasteiger partial charge in [-0.3, -0.25) is 4.90 Å². The molecule has 0 saturated carbocycles. The molecular weight excluding hydrogens is 414 g/mol. The molecule has 0 aromatic heterocycles. The molecule has 0 unspecified atom stereocenters. The second kappa shape index (κ2) is 10.2. The molecule has 5 nitrogen and oxygen atoms in total. The smallest absolute Gasteiger partial charge is 0.169 e. The Labute approximate surface area is 196 Å². The minimum absolute atomic E-state index is 0.279. The first-order valence-electron chi connectivity index (χ1n) is 11.4. The molecule has 0 fully saturated rings. The topological polar surface area (TPSA) is 40.2 Å². The van der Waals surface area contributed by atoms with Crippen LogP contribution in [-0.4, -0.2) is 39.8 Å². The average molecular weight is 448 g/mol. The number of methoxy groups -OCH3 is 3. The van der Waals surface area contributed by atoms with Gasteiger partial charge in [0.15, 0.2) is 23.0 Å². The lowest BCUT2D eigenvalue weighted by atomic mass is 9.88. The third-order valence-electron chi connectivity index (χ3n) is 6.49. The number of rotatable bonds is 8. The summed E-state index contributed by atoms with van der Waals surface area (Å²) in [5.74, 6) is 3.86. The van der Waals surface area contributed by atoms with Crippen molar-refractivity contribution in [2.24, 2.45) is 0 Å². The molecule has 4 rings (SSSR count). The number of ether oxygens (including phenoxy) is 4. The van der Waals surface area contributed by atoms with E-state index in [0.29, 0.717) is 0 Å².